The summed E-state index contributed by atoms with van der Waals surface area (Å²) in [6.07, 6.45) is 3.11. The number of hydrogen-bond acceptors (Lipinski definition) is 7. The third kappa shape index (κ3) is 6.29. The van der Waals surface area contributed by atoms with Gasteiger partial charge >= 0.3 is 5.97 Å². The molecule has 39 heavy (non-hydrogen) atoms. The number of benzene rings is 3. The molecule has 4 N–H and O–H groups in total. The normalized spacial score (nSPS) is 22.9. The maximum absolute atomic E-state index is 13.1. The molecule has 0 spiro atoms. The number of rotatable bonds is 4. The number of fused-ring (bicyclic) bond motifs is 3. The summed E-state index contributed by atoms with van der Waals surface area (Å²) in [6, 6.07) is 14.9. The van der Waals surface area contributed by atoms with Gasteiger partial charge in [-0.3, -0.25) is 18.8 Å². The standard InChI is InChI=1S/C16H20FNO2.C10H8O6S2.H2O/c1-18-12-7-8-14(18)15(16(19)20-2)13(9-12)10-3-5-11(17)6-4-10;11-17(12,13)9-5-1-3-7-8(9)4-2-6-10(7)18(14,15)16;/h3-6,12-15H,7-9H2,1-2H3;1-6H,(H,11,12,13)(H,14,15,16);1H2/t12?,13-,14?,15+;;/m1../s1. The Balaban J connectivity index is 0.000000211. The zero-order chi connectivity index (χ0) is 27.8. The smallest absolute Gasteiger partial charge is 0.310 e. The van der Waals surface area contributed by atoms with E-state index in [1.54, 1.807) is 12.1 Å². The first kappa shape index (κ1) is 30.6. The molecule has 13 heteroatoms. The zero-order valence-electron chi connectivity index (χ0n) is 21.2. The van der Waals surface area contributed by atoms with Gasteiger partial charge in [-0.2, -0.15) is 16.8 Å². The van der Waals surface area contributed by atoms with Crippen LogP contribution in [-0.2, 0) is 29.8 Å². The lowest BCUT2D eigenvalue weighted by atomic mass is 9.76. The molecule has 3 aromatic carbocycles. The lowest BCUT2D eigenvalue weighted by Crippen LogP contribution is -2.49. The van der Waals surface area contributed by atoms with Crippen LogP contribution >= 0.6 is 0 Å². The van der Waals surface area contributed by atoms with Gasteiger partial charge in [-0.05, 0) is 56.1 Å². The van der Waals surface area contributed by atoms with Crippen LogP contribution in [0.2, 0.25) is 0 Å². The van der Waals surface area contributed by atoms with Crippen molar-refractivity contribution >= 4 is 37.0 Å². The number of carbonyl (C=O) groups excluding carboxylic acids is 1. The monoisotopic (exact) mass is 583 g/mol. The highest BCUT2D eigenvalue weighted by molar-refractivity contribution is 7.86. The Labute approximate surface area is 226 Å². The molecule has 4 atom stereocenters. The molecule has 0 amide bonds. The molecule has 2 saturated heterocycles. The minimum atomic E-state index is -4.47. The third-order valence-corrected chi connectivity index (χ3v) is 9.26. The van der Waals surface area contributed by atoms with Crippen LogP contribution in [0.1, 0.15) is 30.7 Å². The van der Waals surface area contributed by atoms with Crippen LogP contribution < -0.4 is 0 Å². The van der Waals surface area contributed by atoms with Crippen molar-refractivity contribution in [1.29, 1.82) is 0 Å². The summed E-state index contributed by atoms with van der Waals surface area (Å²) in [4.78, 5) is 13.7. The lowest BCUT2D eigenvalue weighted by Gasteiger charge is -2.41. The summed E-state index contributed by atoms with van der Waals surface area (Å²) in [7, 11) is -5.39. The van der Waals surface area contributed by atoms with E-state index in [0.717, 1.165) is 37.0 Å². The topological polar surface area (TPSA) is 170 Å². The number of nitrogens with zero attached hydrogens (tertiary/aromatic N) is 1. The van der Waals surface area contributed by atoms with E-state index in [2.05, 4.69) is 11.9 Å². The highest BCUT2D eigenvalue weighted by atomic mass is 32.2. The van der Waals surface area contributed by atoms with E-state index in [4.69, 9.17) is 13.8 Å². The first-order valence-corrected chi connectivity index (χ1v) is 14.7. The molecule has 0 aromatic heterocycles. The van der Waals surface area contributed by atoms with Crippen molar-refractivity contribution in [2.75, 3.05) is 14.2 Å². The predicted octanol–water partition coefficient (Wildman–Crippen LogP) is 3.07. The molecule has 3 aromatic rings. The first-order valence-electron chi connectivity index (χ1n) is 11.8. The van der Waals surface area contributed by atoms with Gasteiger partial charge in [0.05, 0.1) is 13.0 Å². The van der Waals surface area contributed by atoms with E-state index in [0.29, 0.717) is 6.04 Å². The second kappa shape index (κ2) is 11.7. The molecule has 212 valence electrons. The molecule has 5 rings (SSSR count). The summed E-state index contributed by atoms with van der Waals surface area (Å²) in [6.45, 7) is 0. The third-order valence-electron chi connectivity index (χ3n) is 7.44. The fourth-order valence-electron chi connectivity index (χ4n) is 5.68. The van der Waals surface area contributed by atoms with E-state index in [-0.39, 0.29) is 45.9 Å². The summed E-state index contributed by atoms with van der Waals surface area (Å²) in [5.41, 5.74) is 1.05. The maximum Gasteiger partial charge on any atom is 0.310 e. The average molecular weight is 584 g/mol. The van der Waals surface area contributed by atoms with Gasteiger partial charge in [0.2, 0.25) is 0 Å². The van der Waals surface area contributed by atoms with Gasteiger partial charge < -0.3 is 10.2 Å². The van der Waals surface area contributed by atoms with Gasteiger partial charge in [0.15, 0.2) is 0 Å². The Morgan fingerprint density at radius 2 is 1.41 bits per heavy atom. The Bertz CT molecular complexity index is 1490. The van der Waals surface area contributed by atoms with Gasteiger partial charge in [-0.15, -0.1) is 0 Å². The minimum Gasteiger partial charge on any atom is -0.469 e. The molecule has 0 radical (unpaired) electrons. The maximum atomic E-state index is 13.1. The van der Waals surface area contributed by atoms with Crippen LogP contribution in [0.3, 0.4) is 0 Å². The Kier molecular flexibility index (Phi) is 9.15. The van der Waals surface area contributed by atoms with Crippen molar-refractivity contribution in [3.8, 4) is 0 Å². The number of methoxy groups -OCH3 is 1. The predicted molar refractivity (Wildman–Crippen MR) is 141 cm³/mol. The summed E-state index contributed by atoms with van der Waals surface area (Å²) in [5, 5.41) is 0.0465. The fraction of sp³-hybridized carbons (Fsp3) is 0.346. The molecule has 2 bridgehead atoms. The molecule has 2 fully saturated rings. The second-order valence-corrected chi connectivity index (χ2v) is 12.2. The molecular formula is C26H30FNO9S2. The number of carbonyl (C=O) groups is 1. The van der Waals surface area contributed by atoms with Gasteiger partial charge in [0.25, 0.3) is 20.2 Å². The van der Waals surface area contributed by atoms with E-state index >= 15 is 0 Å². The quantitative estimate of drug-likeness (QED) is 0.346. The highest BCUT2D eigenvalue weighted by Crippen LogP contribution is 2.46. The largest absolute Gasteiger partial charge is 0.469 e. The van der Waals surface area contributed by atoms with Gasteiger partial charge in [-0.25, -0.2) is 4.39 Å². The van der Waals surface area contributed by atoms with Crippen molar-refractivity contribution in [3.05, 3.63) is 72.0 Å². The van der Waals surface area contributed by atoms with Crippen LogP contribution in [-0.4, -0.2) is 68.5 Å². The highest BCUT2D eigenvalue weighted by Gasteiger charge is 2.49. The number of hydrogen-bond donors (Lipinski definition) is 2. The number of ether oxygens (including phenoxy) is 1. The molecule has 2 unspecified atom stereocenters. The SMILES string of the molecule is COC(=O)[C@@H]1C2CCC(C[C@@H]1c1ccc(F)cc1)N2C.O.O=S(=O)(O)c1cccc2c(S(=O)(=O)O)cccc12. The van der Waals surface area contributed by atoms with Crippen LogP contribution in [0.4, 0.5) is 4.39 Å². The van der Waals surface area contributed by atoms with Crippen molar-refractivity contribution in [3.63, 3.8) is 0 Å². The van der Waals surface area contributed by atoms with Crippen molar-refractivity contribution in [2.24, 2.45) is 5.92 Å². The first-order chi connectivity index (χ1) is 17.8. The fourth-order valence-corrected chi connectivity index (χ4v) is 7.09. The van der Waals surface area contributed by atoms with Crippen LogP contribution in [0, 0.1) is 11.7 Å². The molecule has 0 saturated carbocycles. The van der Waals surface area contributed by atoms with E-state index in [1.807, 2.05) is 0 Å². The van der Waals surface area contributed by atoms with Gasteiger partial charge in [0.1, 0.15) is 15.6 Å². The molecular weight excluding hydrogens is 553 g/mol. The molecule has 2 heterocycles. The number of piperidine rings is 1. The van der Waals surface area contributed by atoms with E-state index < -0.39 is 30.0 Å². The van der Waals surface area contributed by atoms with Gasteiger partial charge in [0, 0.05) is 28.8 Å². The molecule has 2 aliphatic rings. The van der Waals surface area contributed by atoms with Crippen molar-refractivity contribution in [1.82, 2.24) is 4.90 Å². The second-order valence-electron chi connectivity index (χ2n) is 9.46. The van der Waals surface area contributed by atoms with Crippen LogP contribution in [0.15, 0.2) is 70.5 Å². The average Bonchev–Trinajstić information content (AvgIpc) is 3.09. The van der Waals surface area contributed by atoms with E-state index in [9.17, 15) is 26.0 Å². The van der Waals surface area contributed by atoms with Crippen molar-refractivity contribution < 1.29 is 45.3 Å². The van der Waals surface area contributed by atoms with Crippen LogP contribution in [0.25, 0.3) is 10.8 Å². The Hall–Kier alpha value is -2.94. The molecule has 0 aliphatic carbocycles. The number of halogens is 1. The van der Waals surface area contributed by atoms with Crippen molar-refractivity contribution in [2.45, 2.75) is 47.1 Å². The summed E-state index contributed by atoms with van der Waals surface area (Å²) in [5.74, 6) is -0.387. The Morgan fingerprint density at radius 3 is 1.87 bits per heavy atom. The summed E-state index contributed by atoms with van der Waals surface area (Å²) < 4.78 is 80.8. The zero-order valence-corrected chi connectivity index (χ0v) is 22.8. The van der Waals surface area contributed by atoms with E-state index in [1.165, 1.54) is 43.5 Å². The lowest BCUT2D eigenvalue weighted by molar-refractivity contribution is -0.150. The number of esters is 1. The van der Waals surface area contributed by atoms with Crippen LogP contribution in [0.5, 0.6) is 0 Å². The molecule has 10 nitrogen and oxygen atoms in total. The van der Waals surface area contributed by atoms with Gasteiger partial charge in [-0.1, -0.05) is 36.4 Å². The molecule has 2 aliphatic heterocycles. The summed E-state index contributed by atoms with van der Waals surface area (Å²) >= 11 is 0. The Morgan fingerprint density at radius 1 is 0.897 bits per heavy atom. The minimum absolute atomic E-state index is 0.